The Morgan fingerprint density at radius 1 is 1.44 bits per heavy atom. The van der Waals surface area contributed by atoms with Crippen molar-refractivity contribution >= 4 is 18.3 Å². The highest BCUT2D eigenvalue weighted by Gasteiger charge is 2.30. The maximum Gasteiger partial charge on any atom is 0.411 e. The minimum atomic E-state index is -4.39. The summed E-state index contributed by atoms with van der Waals surface area (Å²) in [5.41, 5.74) is 0. The molecule has 0 radical (unpaired) electrons. The van der Waals surface area contributed by atoms with Gasteiger partial charge in [-0.2, -0.15) is 13.2 Å². The molecule has 0 spiro atoms. The van der Waals surface area contributed by atoms with Gasteiger partial charge in [-0.15, -0.1) is 12.4 Å². The van der Waals surface area contributed by atoms with Crippen molar-refractivity contribution in [2.24, 2.45) is 0 Å². The molecule has 1 amide bonds. The summed E-state index contributed by atoms with van der Waals surface area (Å²) in [7, 11) is 0. The van der Waals surface area contributed by atoms with E-state index < -0.39 is 25.3 Å². The van der Waals surface area contributed by atoms with Gasteiger partial charge in [0.05, 0.1) is 0 Å². The number of rotatable bonds is 3. The lowest BCUT2D eigenvalue weighted by molar-refractivity contribution is -0.178. The second-order valence-corrected chi connectivity index (χ2v) is 4.31. The van der Waals surface area contributed by atoms with E-state index in [-0.39, 0.29) is 24.5 Å². The first-order valence-electron chi connectivity index (χ1n) is 5.47. The zero-order chi connectivity index (χ0) is 13.1. The number of ether oxygens (including phenoxy) is 1. The molecule has 108 valence electrons. The van der Waals surface area contributed by atoms with Gasteiger partial charge in [-0.1, -0.05) is 0 Å². The van der Waals surface area contributed by atoms with E-state index in [0.29, 0.717) is 13.1 Å². The third kappa shape index (κ3) is 5.88. The quantitative estimate of drug-likeness (QED) is 0.849. The highest BCUT2D eigenvalue weighted by Crippen LogP contribution is 2.14. The summed E-state index contributed by atoms with van der Waals surface area (Å²) < 4.78 is 39.8. The van der Waals surface area contributed by atoms with Crippen molar-refractivity contribution in [3.05, 3.63) is 0 Å². The van der Waals surface area contributed by atoms with Gasteiger partial charge in [-0.05, 0) is 13.8 Å². The van der Waals surface area contributed by atoms with Crippen LogP contribution in [0.3, 0.4) is 0 Å². The topological polar surface area (TPSA) is 41.6 Å². The molecule has 2 unspecified atom stereocenters. The number of hydrogen-bond donors (Lipinski definition) is 1. The van der Waals surface area contributed by atoms with Crippen LogP contribution in [-0.4, -0.2) is 55.4 Å². The molecule has 0 aromatic rings. The molecule has 2 atom stereocenters. The summed E-state index contributed by atoms with van der Waals surface area (Å²) in [5, 5.41) is 3.18. The van der Waals surface area contributed by atoms with E-state index in [0.717, 1.165) is 0 Å². The molecule has 18 heavy (non-hydrogen) atoms. The molecule has 4 nitrogen and oxygen atoms in total. The molecule has 1 aliphatic heterocycles. The number of halogens is 4. The Balaban J connectivity index is 0.00000289. The lowest BCUT2D eigenvalue weighted by Gasteiger charge is -2.37. The number of amides is 1. The molecule has 1 fully saturated rings. The molecule has 8 heteroatoms. The van der Waals surface area contributed by atoms with Gasteiger partial charge in [0.2, 0.25) is 5.91 Å². The van der Waals surface area contributed by atoms with E-state index in [2.05, 4.69) is 10.1 Å². The monoisotopic (exact) mass is 290 g/mol. The predicted molar refractivity (Wildman–Crippen MR) is 62.8 cm³/mol. The Labute approximate surface area is 110 Å². The first kappa shape index (κ1) is 17.5. The highest BCUT2D eigenvalue weighted by molar-refractivity contribution is 5.85. The van der Waals surface area contributed by atoms with E-state index >= 15 is 0 Å². The number of carbonyl (C=O) groups is 1. The molecular weight excluding hydrogens is 273 g/mol. The van der Waals surface area contributed by atoms with Gasteiger partial charge in [0.25, 0.3) is 0 Å². The fraction of sp³-hybridized carbons (Fsp3) is 0.900. The summed E-state index contributed by atoms with van der Waals surface area (Å²) in [5.74, 6) is -0.393. The Bertz CT molecular complexity index is 276. The second kappa shape index (κ2) is 7.16. The van der Waals surface area contributed by atoms with Crippen LogP contribution in [0, 0.1) is 0 Å². The van der Waals surface area contributed by atoms with Crippen LogP contribution in [0.4, 0.5) is 13.2 Å². The van der Waals surface area contributed by atoms with E-state index in [1.807, 2.05) is 13.8 Å². The zero-order valence-corrected chi connectivity index (χ0v) is 11.1. The van der Waals surface area contributed by atoms with Gasteiger partial charge in [0, 0.05) is 25.2 Å². The zero-order valence-electron chi connectivity index (χ0n) is 10.3. The average Bonchev–Trinajstić information content (AvgIpc) is 2.19. The molecule has 1 rings (SSSR count). The Kier molecular flexibility index (Phi) is 6.94. The maximum absolute atomic E-state index is 11.8. The first-order valence-corrected chi connectivity index (χ1v) is 5.47. The molecule has 0 aromatic heterocycles. The maximum atomic E-state index is 11.8. The standard InChI is InChI=1S/C10H17F3N2O2.ClH/c1-7-4-15(8(2)3-14-7)9(16)5-17-6-10(11,12)13;/h7-8,14H,3-6H2,1-2H3;1H. The predicted octanol–water partition coefficient (Wildman–Crippen LogP) is 1.20. The first-order chi connectivity index (χ1) is 7.79. The van der Waals surface area contributed by atoms with Crippen LogP contribution in [-0.2, 0) is 9.53 Å². The fourth-order valence-corrected chi connectivity index (χ4v) is 1.71. The van der Waals surface area contributed by atoms with Crippen molar-refractivity contribution in [3.8, 4) is 0 Å². The van der Waals surface area contributed by atoms with Crippen molar-refractivity contribution in [1.82, 2.24) is 10.2 Å². The van der Waals surface area contributed by atoms with Crippen LogP contribution >= 0.6 is 12.4 Å². The average molecular weight is 291 g/mol. The Morgan fingerprint density at radius 2 is 2.06 bits per heavy atom. The van der Waals surface area contributed by atoms with Crippen molar-refractivity contribution in [2.75, 3.05) is 26.3 Å². The molecule has 1 heterocycles. The molecule has 0 aliphatic carbocycles. The Hall–Kier alpha value is -0.530. The summed E-state index contributed by atoms with van der Waals surface area (Å²) >= 11 is 0. The van der Waals surface area contributed by atoms with E-state index in [4.69, 9.17) is 0 Å². The molecule has 0 bridgehead atoms. The molecule has 0 aromatic carbocycles. The molecule has 1 aliphatic rings. The summed E-state index contributed by atoms with van der Waals surface area (Å²) in [4.78, 5) is 13.2. The van der Waals surface area contributed by atoms with E-state index in [1.54, 1.807) is 4.90 Å². The number of hydrogen-bond acceptors (Lipinski definition) is 3. The van der Waals surface area contributed by atoms with Crippen molar-refractivity contribution in [1.29, 1.82) is 0 Å². The third-order valence-electron chi connectivity index (χ3n) is 2.58. The molecule has 1 N–H and O–H groups in total. The Morgan fingerprint density at radius 3 is 2.61 bits per heavy atom. The van der Waals surface area contributed by atoms with Crippen LogP contribution in [0.15, 0.2) is 0 Å². The van der Waals surface area contributed by atoms with Crippen molar-refractivity contribution < 1.29 is 22.7 Å². The van der Waals surface area contributed by atoms with Crippen LogP contribution in [0.1, 0.15) is 13.8 Å². The van der Waals surface area contributed by atoms with Crippen LogP contribution in [0.5, 0.6) is 0 Å². The van der Waals surface area contributed by atoms with Crippen molar-refractivity contribution in [3.63, 3.8) is 0 Å². The number of nitrogens with zero attached hydrogens (tertiary/aromatic N) is 1. The minimum absolute atomic E-state index is 0. The van der Waals surface area contributed by atoms with E-state index in [1.165, 1.54) is 0 Å². The third-order valence-corrected chi connectivity index (χ3v) is 2.58. The largest absolute Gasteiger partial charge is 0.411 e. The smallest absolute Gasteiger partial charge is 0.362 e. The summed E-state index contributed by atoms with van der Waals surface area (Å²) in [6, 6.07) is 0.131. The summed E-state index contributed by atoms with van der Waals surface area (Å²) in [6.45, 7) is 3.01. The molecule has 0 saturated carbocycles. The molecular formula is C10H18ClF3N2O2. The summed E-state index contributed by atoms with van der Waals surface area (Å²) in [6.07, 6.45) is -4.39. The van der Waals surface area contributed by atoms with Gasteiger partial charge in [0.1, 0.15) is 13.2 Å². The molecule has 1 saturated heterocycles. The van der Waals surface area contributed by atoms with Crippen LogP contribution < -0.4 is 5.32 Å². The number of carbonyl (C=O) groups excluding carboxylic acids is 1. The van der Waals surface area contributed by atoms with Crippen molar-refractivity contribution in [2.45, 2.75) is 32.1 Å². The van der Waals surface area contributed by atoms with Gasteiger partial charge >= 0.3 is 6.18 Å². The lowest BCUT2D eigenvalue weighted by atomic mass is 10.1. The van der Waals surface area contributed by atoms with Gasteiger partial charge < -0.3 is 15.0 Å². The van der Waals surface area contributed by atoms with Crippen LogP contribution in [0.25, 0.3) is 0 Å². The second-order valence-electron chi connectivity index (χ2n) is 4.31. The minimum Gasteiger partial charge on any atom is -0.362 e. The van der Waals surface area contributed by atoms with Gasteiger partial charge in [-0.25, -0.2) is 0 Å². The highest BCUT2D eigenvalue weighted by atomic mass is 35.5. The normalized spacial score (nSPS) is 24.6. The number of piperazine rings is 1. The van der Waals surface area contributed by atoms with E-state index in [9.17, 15) is 18.0 Å². The number of alkyl halides is 3. The lowest BCUT2D eigenvalue weighted by Crippen LogP contribution is -2.57. The number of nitrogens with one attached hydrogen (secondary N) is 1. The fourth-order valence-electron chi connectivity index (χ4n) is 1.71. The van der Waals surface area contributed by atoms with Gasteiger partial charge in [-0.3, -0.25) is 4.79 Å². The SMILES string of the molecule is CC1CN(C(=O)COCC(F)(F)F)C(C)CN1.Cl. The van der Waals surface area contributed by atoms with Crippen LogP contribution in [0.2, 0.25) is 0 Å². The van der Waals surface area contributed by atoms with Gasteiger partial charge in [0.15, 0.2) is 0 Å².